The van der Waals surface area contributed by atoms with Gasteiger partial charge in [0.15, 0.2) is 5.75 Å². The molecule has 1 aliphatic heterocycles. The lowest BCUT2D eigenvalue weighted by molar-refractivity contribution is 0.196. The fourth-order valence-electron chi connectivity index (χ4n) is 3.84. The number of aromatic nitrogens is 5. The van der Waals surface area contributed by atoms with E-state index < -0.39 is 0 Å². The topological polar surface area (TPSA) is 69.0 Å². The summed E-state index contributed by atoms with van der Waals surface area (Å²) >= 11 is 0. The molecule has 4 rings (SSSR count). The zero-order valence-electron chi connectivity index (χ0n) is 16.7. The molecule has 0 unspecified atom stereocenters. The number of aryl methyl sites for hydroxylation is 3. The highest BCUT2D eigenvalue weighted by molar-refractivity contribution is 5.33. The fourth-order valence-corrected chi connectivity index (χ4v) is 3.84. The van der Waals surface area contributed by atoms with Gasteiger partial charge in [-0.15, -0.1) is 0 Å². The van der Waals surface area contributed by atoms with Crippen LogP contribution >= 0.6 is 0 Å². The number of hydrogen-bond acceptors (Lipinski definition) is 6. The van der Waals surface area contributed by atoms with Gasteiger partial charge >= 0.3 is 0 Å². The minimum atomic E-state index is 0.298. The van der Waals surface area contributed by atoms with Crippen LogP contribution in [0.2, 0.25) is 0 Å². The molecular weight excluding hydrogens is 352 g/mol. The maximum atomic E-state index is 6.10. The first-order chi connectivity index (χ1) is 13.6. The molecule has 0 N–H and O–H groups in total. The third kappa shape index (κ3) is 4.04. The molecule has 1 fully saturated rings. The average molecular weight is 378 g/mol. The minimum Gasteiger partial charge on any atom is -0.435 e. The average Bonchev–Trinajstić information content (AvgIpc) is 3.01. The highest BCUT2D eigenvalue weighted by atomic mass is 16.5. The summed E-state index contributed by atoms with van der Waals surface area (Å²) in [6.45, 7) is 6.94. The highest BCUT2D eigenvalue weighted by Crippen LogP contribution is 2.33. The van der Waals surface area contributed by atoms with Crippen molar-refractivity contribution in [3.8, 4) is 11.6 Å². The Hall–Kier alpha value is -2.80. The normalized spacial score (nSPS) is 17.6. The largest absolute Gasteiger partial charge is 0.435 e. The Morgan fingerprint density at radius 3 is 2.75 bits per heavy atom. The number of nitrogens with zero attached hydrogens (tertiary/aromatic N) is 6. The third-order valence-electron chi connectivity index (χ3n) is 5.26. The second-order valence-electron chi connectivity index (χ2n) is 7.42. The van der Waals surface area contributed by atoms with E-state index in [1.54, 1.807) is 18.6 Å². The Morgan fingerprint density at radius 1 is 1.11 bits per heavy atom. The molecule has 1 saturated heterocycles. The molecule has 7 heteroatoms. The smallest absolute Gasteiger partial charge is 0.241 e. The number of ether oxygens (including phenoxy) is 1. The summed E-state index contributed by atoms with van der Waals surface area (Å²) in [6, 6.07) is 3.79. The van der Waals surface area contributed by atoms with Crippen molar-refractivity contribution in [3.05, 3.63) is 59.6 Å². The van der Waals surface area contributed by atoms with Crippen LogP contribution in [0.25, 0.3) is 0 Å². The predicted octanol–water partition coefficient (Wildman–Crippen LogP) is 3.39. The maximum Gasteiger partial charge on any atom is 0.241 e. The van der Waals surface area contributed by atoms with Crippen molar-refractivity contribution in [3.63, 3.8) is 0 Å². The Balaban J connectivity index is 1.52. The first-order valence-electron chi connectivity index (χ1n) is 9.72. The number of likely N-dealkylation sites (tertiary alicyclic amines) is 1. The molecule has 0 radical (unpaired) electrons. The number of hydrogen-bond donors (Lipinski definition) is 0. The standard InChI is InChI=1S/C21H26N6O/c1-15-18(12-26(3)25-15)14-27-11-5-6-17(13-27)20-21(24-10-9-23-20)28-19-7-4-8-22-16(19)2/h4,7-10,12,17H,5-6,11,13-14H2,1-3H3/t17-/m0/s1. The lowest BCUT2D eigenvalue weighted by Crippen LogP contribution is -2.34. The van der Waals surface area contributed by atoms with Crippen LogP contribution < -0.4 is 4.74 Å². The molecule has 1 aliphatic rings. The van der Waals surface area contributed by atoms with Gasteiger partial charge in [0.2, 0.25) is 5.88 Å². The van der Waals surface area contributed by atoms with Gasteiger partial charge in [-0.3, -0.25) is 19.5 Å². The highest BCUT2D eigenvalue weighted by Gasteiger charge is 2.26. The Kier molecular flexibility index (Phi) is 5.34. The molecule has 0 spiro atoms. The molecule has 4 heterocycles. The van der Waals surface area contributed by atoms with Crippen molar-refractivity contribution < 1.29 is 4.74 Å². The van der Waals surface area contributed by atoms with Crippen LogP contribution in [0.5, 0.6) is 11.6 Å². The molecule has 3 aromatic rings. The van der Waals surface area contributed by atoms with Crippen molar-refractivity contribution in [2.45, 2.75) is 39.2 Å². The van der Waals surface area contributed by atoms with Crippen LogP contribution in [-0.4, -0.2) is 42.7 Å². The van der Waals surface area contributed by atoms with E-state index in [1.807, 2.05) is 30.8 Å². The Labute approximate surface area is 165 Å². The number of rotatable bonds is 5. The van der Waals surface area contributed by atoms with Gasteiger partial charge in [0.05, 0.1) is 11.4 Å². The first-order valence-corrected chi connectivity index (χ1v) is 9.72. The van der Waals surface area contributed by atoms with Gasteiger partial charge in [-0.1, -0.05) is 0 Å². The van der Waals surface area contributed by atoms with Gasteiger partial charge in [0.1, 0.15) is 5.69 Å². The fraction of sp³-hybridized carbons (Fsp3) is 0.429. The summed E-state index contributed by atoms with van der Waals surface area (Å²) in [6.07, 6.45) is 9.53. The van der Waals surface area contributed by atoms with E-state index in [0.29, 0.717) is 11.8 Å². The molecule has 0 aliphatic carbocycles. The van der Waals surface area contributed by atoms with E-state index >= 15 is 0 Å². The molecule has 0 saturated carbocycles. The van der Waals surface area contributed by atoms with Crippen molar-refractivity contribution >= 4 is 0 Å². The van der Waals surface area contributed by atoms with Gasteiger partial charge in [0.25, 0.3) is 0 Å². The molecular formula is C21H26N6O. The Morgan fingerprint density at radius 2 is 1.96 bits per heavy atom. The second-order valence-corrected chi connectivity index (χ2v) is 7.42. The van der Waals surface area contributed by atoms with Gasteiger partial charge in [-0.05, 0) is 45.4 Å². The molecule has 0 amide bonds. The minimum absolute atomic E-state index is 0.298. The lowest BCUT2D eigenvalue weighted by atomic mass is 9.94. The van der Waals surface area contributed by atoms with Crippen LogP contribution in [0, 0.1) is 13.8 Å². The van der Waals surface area contributed by atoms with Crippen LogP contribution in [0.15, 0.2) is 36.9 Å². The van der Waals surface area contributed by atoms with Crippen LogP contribution in [0.4, 0.5) is 0 Å². The molecule has 7 nitrogen and oxygen atoms in total. The van der Waals surface area contributed by atoms with Gasteiger partial charge in [0, 0.05) is 56.4 Å². The van der Waals surface area contributed by atoms with Gasteiger partial charge in [-0.25, -0.2) is 4.98 Å². The molecule has 0 bridgehead atoms. The lowest BCUT2D eigenvalue weighted by Gasteiger charge is -2.32. The van der Waals surface area contributed by atoms with E-state index in [9.17, 15) is 0 Å². The first kappa shape index (κ1) is 18.6. The molecule has 1 atom stereocenters. The SMILES string of the molecule is Cc1nn(C)cc1CN1CCC[C@H](c2nccnc2Oc2cccnc2C)C1. The van der Waals surface area contributed by atoms with Crippen LogP contribution in [0.3, 0.4) is 0 Å². The van der Waals surface area contributed by atoms with E-state index in [-0.39, 0.29) is 0 Å². The van der Waals surface area contributed by atoms with Crippen LogP contribution in [-0.2, 0) is 13.6 Å². The van der Waals surface area contributed by atoms with Crippen molar-refractivity contribution in [1.29, 1.82) is 0 Å². The summed E-state index contributed by atoms with van der Waals surface area (Å²) in [5.74, 6) is 1.61. The molecule has 0 aromatic carbocycles. The van der Waals surface area contributed by atoms with E-state index in [4.69, 9.17) is 4.74 Å². The molecule has 28 heavy (non-hydrogen) atoms. The Bertz CT molecular complexity index is 954. The van der Waals surface area contributed by atoms with E-state index in [0.717, 1.165) is 55.3 Å². The predicted molar refractivity (Wildman–Crippen MR) is 106 cm³/mol. The maximum absolute atomic E-state index is 6.10. The number of piperidine rings is 1. The third-order valence-corrected chi connectivity index (χ3v) is 5.26. The van der Waals surface area contributed by atoms with Crippen molar-refractivity contribution in [2.75, 3.05) is 13.1 Å². The summed E-state index contributed by atoms with van der Waals surface area (Å²) in [5.41, 5.74) is 4.15. The second kappa shape index (κ2) is 8.06. The summed E-state index contributed by atoms with van der Waals surface area (Å²) in [5, 5.41) is 4.46. The molecule has 146 valence electrons. The summed E-state index contributed by atoms with van der Waals surface area (Å²) < 4.78 is 7.99. The summed E-state index contributed by atoms with van der Waals surface area (Å²) in [7, 11) is 1.97. The van der Waals surface area contributed by atoms with Gasteiger partial charge < -0.3 is 4.74 Å². The monoisotopic (exact) mass is 378 g/mol. The quantitative estimate of drug-likeness (QED) is 0.678. The van der Waals surface area contributed by atoms with E-state index in [2.05, 4.69) is 38.1 Å². The van der Waals surface area contributed by atoms with Crippen molar-refractivity contribution in [1.82, 2.24) is 29.6 Å². The van der Waals surface area contributed by atoms with Gasteiger partial charge in [-0.2, -0.15) is 5.10 Å². The number of pyridine rings is 1. The van der Waals surface area contributed by atoms with E-state index in [1.165, 1.54) is 5.56 Å². The zero-order chi connectivity index (χ0) is 19.5. The van der Waals surface area contributed by atoms with Crippen LogP contribution in [0.1, 0.15) is 41.4 Å². The zero-order valence-corrected chi connectivity index (χ0v) is 16.7. The summed E-state index contributed by atoms with van der Waals surface area (Å²) in [4.78, 5) is 15.9. The van der Waals surface area contributed by atoms with Crippen molar-refractivity contribution in [2.24, 2.45) is 7.05 Å². The molecule has 3 aromatic heterocycles.